The van der Waals surface area contributed by atoms with E-state index in [0.717, 1.165) is 43.9 Å². The summed E-state index contributed by atoms with van der Waals surface area (Å²) in [7, 11) is 0. The van der Waals surface area contributed by atoms with Crippen LogP contribution in [0.3, 0.4) is 0 Å². The number of nitrogens with zero attached hydrogens (tertiary/aromatic N) is 5. The van der Waals surface area contributed by atoms with Gasteiger partial charge in [0.15, 0.2) is 17.0 Å². The van der Waals surface area contributed by atoms with Crippen molar-refractivity contribution in [3.8, 4) is 23.4 Å². The molecule has 5 heteroatoms. The van der Waals surface area contributed by atoms with Crippen molar-refractivity contribution >= 4 is 38.2 Å². The lowest BCUT2D eigenvalue weighted by molar-refractivity contribution is 1.13. The third-order valence-electron chi connectivity index (χ3n) is 5.96. The Morgan fingerprint density at radius 2 is 1.38 bits per heavy atom. The van der Waals surface area contributed by atoms with Crippen LogP contribution in [-0.4, -0.2) is 14.4 Å². The molecular formula is C27H15N5. The lowest BCUT2D eigenvalue weighted by Crippen LogP contribution is -2.02. The van der Waals surface area contributed by atoms with E-state index in [0.29, 0.717) is 11.2 Å². The summed E-state index contributed by atoms with van der Waals surface area (Å²) in [5, 5.41) is 23.4. The summed E-state index contributed by atoms with van der Waals surface area (Å²) < 4.78 is 2.08. The van der Waals surface area contributed by atoms with E-state index in [2.05, 4.69) is 63.8 Å². The van der Waals surface area contributed by atoms with Crippen LogP contribution in [0.25, 0.3) is 49.5 Å². The molecule has 0 radical (unpaired) electrons. The Morgan fingerprint density at radius 3 is 2.06 bits per heavy atom. The molecule has 0 aliphatic carbocycles. The number of benzene rings is 3. The predicted octanol–water partition coefficient (Wildman–Crippen LogP) is 5.91. The summed E-state index contributed by atoms with van der Waals surface area (Å²) in [5.41, 5.74) is 5.41. The van der Waals surface area contributed by atoms with Crippen molar-refractivity contribution in [3.05, 3.63) is 89.7 Å². The van der Waals surface area contributed by atoms with Crippen molar-refractivity contribution < 1.29 is 0 Å². The Bertz CT molecular complexity index is 1800. The van der Waals surface area contributed by atoms with Crippen molar-refractivity contribution in [2.24, 2.45) is 0 Å². The number of hydrogen-bond donors (Lipinski definition) is 0. The van der Waals surface area contributed by atoms with E-state index in [1.165, 1.54) is 0 Å². The molecular weight excluding hydrogens is 394 g/mol. The van der Waals surface area contributed by atoms with E-state index >= 15 is 0 Å². The largest absolute Gasteiger partial charge is 0.292 e. The van der Waals surface area contributed by atoms with Gasteiger partial charge in [0.05, 0.1) is 11.2 Å². The summed E-state index contributed by atoms with van der Waals surface area (Å²) >= 11 is 0. The SMILES string of the molecule is Cc1cc(-c2ccccc2)n2c3nc(C#N)c(C#N)nc3c3cc4ccccc4cc3c12. The van der Waals surface area contributed by atoms with Gasteiger partial charge in [-0.3, -0.25) is 4.40 Å². The van der Waals surface area contributed by atoms with E-state index in [1.54, 1.807) is 0 Å². The van der Waals surface area contributed by atoms with Crippen LogP contribution in [0.15, 0.2) is 72.8 Å². The zero-order chi connectivity index (χ0) is 21.8. The molecule has 0 atom stereocenters. The molecule has 5 nitrogen and oxygen atoms in total. The van der Waals surface area contributed by atoms with E-state index in [9.17, 15) is 10.5 Å². The fourth-order valence-corrected chi connectivity index (χ4v) is 4.56. The first kappa shape index (κ1) is 18.1. The Kier molecular flexibility index (Phi) is 3.74. The molecule has 0 amide bonds. The highest BCUT2D eigenvalue weighted by Gasteiger charge is 2.20. The highest BCUT2D eigenvalue weighted by atomic mass is 15.0. The molecule has 0 aliphatic heterocycles. The molecule has 0 unspecified atom stereocenters. The van der Waals surface area contributed by atoms with E-state index in [4.69, 9.17) is 0 Å². The summed E-state index contributed by atoms with van der Waals surface area (Å²) in [4.78, 5) is 9.27. The van der Waals surface area contributed by atoms with E-state index in [-0.39, 0.29) is 11.4 Å². The molecule has 32 heavy (non-hydrogen) atoms. The first-order valence-corrected chi connectivity index (χ1v) is 10.2. The second kappa shape index (κ2) is 6.63. The zero-order valence-electron chi connectivity index (χ0n) is 17.2. The maximum atomic E-state index is 9.61. The monoisotopic (exact) mass is 409 g/mol. The van der Waals surface area contributed by atoms with Crippen LogP contribution < -0.4 is 0 Å². The fourth-order valence-electron chi connectivity index (χ4n) is 4.56. The molecule has 0 saturated heterocycles. The van der Waals surface area contributed by atoms with Crippen molar-refractivity contribution in [3.63, 3.8) is 0 Å². The van der Waals surface area contributed by atoms with Gasteiger partial charge in [-0.2, -0.15) is 10.5 Å². The predicted molar refractivity (Wildman–Crippen MR) is 125 cm³/mol. The smallest absolute Gasteiger partial charge is 0.179 e. The highest BCUT2D eigenvalue weighted by molar-refractivity contribution is 6.16. The third kappa shape index (κ3) is 2.43. The molecule has 6 aromatic rings. The molecule has 0 fully saturated rings. The van der Waals surface area contributed by atoms with Crippen LogP contribution in [0.2, 0.25) is 0 Å². The molecule has 3 aromatic heterocycles. The van der Waals surface area contributed by atoms with Gasteiger partial charge in [-0.1, -0.05) is 54.6 Å². The van der Waals surface area contributed by atoms with Crippen LogP contribution >= 0.6 is 0 Å². The van der Waals surface area contributed by atoms with Crippen molar-refractivity contribution in [2.45, 2.75) is 6.92 Å². The molecule has 3 heterocycles. The number of aryl methyl sites for hydroxylation is 1. The Hall–Kier alpha value is -4.74. The van der Waals surface area contributed by atoms with Gasteiger partial charge in [0.1, 0.15) is 17.7 Å². The number of hydrogen-bond acceptors (Lipinski definition) is 4. The van der Waals surface area contributed by atoms with Gasteiger partial charge in [-0.25, -0.2) is 9.97 Å². The number of nitriles is 2. The Balaban J connectivity index is 1.94. The molecule has 0 bridgehead atoms. The molecule has 0 N–H and O–H groups in total. The minimum Gasteiger partial charge on any atom is -0.292 e. The average Bonchev–Trinajstić information content (AvgIpc) is 3.20. The topological polar surface area (TPSA) is 77.8 Å². The van der Waals surface area contributed by atoms with E-state index in [1.807, 2.05) is 42.5 Å². The van der Waals surface area contributed by atoms with E-state index < -0.39 is 0 Å². The van der Waals surface area contributed by atoms with Crippen LogP contribution in [0.4, 0.5) is 0 Å². The number of rotatable bonds is 1. The second-order valence-corrected chi connectivity index (χ2v) is 7.82. The Morgan fingerprint density at radius 1 is 0.750 bits per heavy atom. The van der Waals surface area contributed by atoms with Gasteiger partial charge in [-0.05, 0) is 47.0 Å². The molecule has 3 aromatic carbocycles. The van der Waals surface area contributed by atoms with Crippen LogP contribution in [-0.2, 0) is 0 Å². The summed E-state index contributed by atoms with van der Waals surface area (Å²) in [6.45, 7) is 2.09. The third-order valence-corrected chi connectivity index (χ3v) is 5.96. The van der Waals surface area contributed by atoms with Gasteiger partial charge in [0.25, 0.3) is 0 Å². The molecule has 0 spiro atoms. The molecule has 0 aliphatic rings. The van der Waals surface area contributed by atoms with Crippen molar-refractivity contribution in [1.29, 1.82) is 10.5 Å². The maximum Gasteiger partial charge on any atom is 0.179 e. The van der Waals surface area contributed by atoms with Gasteiger partial charge in [-0.15, -0.1) is 0 Å². The minimum absolute atomic E-state index is 0.0341. The quantitative estimate of drug-likeness (QED) is 0.250. The fraction of sp³-hybridized carbons (Fsp3) is 0.0370. The van der Waals surface area contributed by atoms with Crippen LogP contribution in [0.1, 0.15) is 17.0 Å². The normalized spacial score (nSPS) is 11.2. The number of fused-ring (bicyclic) bond motifs is 7. The number of aromatic nitrogens is 3. The molecule has 148 valence electrons. The molecule has 6 rings (SSSR count). The lowest BCUT2D eigenvalue weighted by Gasteiger charge is -2.13. The average molecular weight is 409 g/mol. The zero-order valence-corrected chi connectivity index (χ0v) is 17.2. The lowest BCUT2D eigenvalue weighted by atomic mass is 10.0. The Labute approximate surface area is 183 Å². The van der Waals surface area contributed by atoms with Gasteiger partial charge in [0.2, 0.25) is 0 Å². The summed E-state index contributed by atoms with van der Waals surface area (Å²) in [6, 6.07) is 28.8. The van der Waals surface area contributed by atoms with Crippen molar-refractivity contribution in [1.82, 2.24) is 14.4 Å². The maximum absolute atomic E-state index is 9.61. The first-order valence-electron chi connectivity index (χ1n) is 10.2. The number of pyridine rings is 1. The minimum atomic E-state index is 0.0341. The summed E-state index contributed by atoms with van der Waals surface area (Å²) in [5.74, 6) is 0. The van der Waals surface area contributed by atoms with Crippen molar-refractivity contribution in [2.75, 3.05) is 0 Å². The molecule has 0 saturated carbocycles. The van der Waals surface area contributed by atoms with Crippen LogP contribution in [0.5, 0.6) is 0 Å². The van der Waals surface area contributed by atoms with Gasteiger partial charge in [0, 0.05) is 10.8 Å². The van der Waals surface area contributed by atoms with Gasteiger partial charge < -0.3 is 0 Å². The first-order chi connectivity index (χ1) is 15.7. The second-order valence-electron chi connectivity index (χ2n) is 7.82. The summed E-state index contributed by atoms with van der Waals surface area (Å²) in [6.07, 6.45) is 0. The van der Waals surface area contributed by atoms with Gasteiger partial charge >= 0.3 is 0 Å². The standard InChI is InChI=1S/C27H15N5/c1-16-11-24(17-7-3-2-4-8-17)32-26(16)21-13-19-10-6-5-9-18(19)12-20(21)25-27(32)31-23(15-29)22(14-28)30-25/h2-13H,1H3. The van der Waals surface area contributed by atoms with Crippen LogP contribution in [0, 0.1) is 29.6 Å². The highest BCUT2D eigenvalue weighted by Crippen LogP contribution is 2.37.